The smallest absolute Gasteiger partial charge is 0.407 e. The van der Waals surface area contributed by atoms with E-state index in [1.807, 2.05) is 36.4 Å². The van der Waals surface area contributed by atoms with Gasteiger partial charge in [0.05, 0.1) is 6.04 Å². The summed E-state index contributed by atoms with van der Waals surface area (Å²) in [7, 11) is 0. The van der Waals surface area contributed by atoms with Gasteiger partial charge >= 0.3 is 6.09 Å². The van der Waals surface area contributed by atoms with E-state index < -0.39 is 54.1 Å². The molecule has 5 N–H and O–H groups in total. The lowest BCUT2D eigenvalue weighted by Crippen LogP contribution is -2.52. The Balaban J connectivity index is 1.38. The molecule has 2 aromatic carbocycles. The third kappa shape index (κ3) is 9.75. The van der Waals surface area contributed by atoms with Gasteiger partial charge in [0, 0.05) is 25.4 Å². The van der Waals surface area contributed by atoms with Gasteiger partial charge in [0.15, 0.2) is 0 Å². The molecule has 5 amide bonds. The number of amides is 5. The molecule has 1 aliphatic heterocycles. The average molecular weight is 566 g/mol. The molecule has 3 rings (SSSR count). The molecular weight excluding hydrogens is 530 g/mol. The predicted octanol–water partition coefficient (Wildman–Crippen LogP) is 0.438. The molecule has 0 aliphatic carbocycles. The number of carbonyl (C=O) groups excluding carboxylic acids is 6. The molecular formula is C29H35N5O7. The number of benzene rings is 2. The van der Waals surface area contributed by atoms with E-state index in [1.54, 1.807) is 24.3 Å². The second kappa shape index (κ2) is 15.2. The molecule has 12 heteroatoms. The number of carbonyl (C=O) groups is 6. The fraction of sp³-hybridized carbons (Fsp3) is 0.379. The number of likely N-dealkylation sites (tertiary alicyclic amines) is 1. The third-order valence-corrected chi connectivity index (χ3v) is 6.68. The number of Topliss-reactive ketones (excluding diaryl/α,β-unsaturated/α-hetero) is 1. The van der Waals surface area contributed by atoms with Gasteiger partial charge in [-0.25, -0.2) is 4.79 Å². The first kappa shape index (κ1) is 30.8. The lowest BCUT2D eigenvalue weighted by molar-refractivity contribution is -0.147. The van der Waals surface area contributed by atoms with Crippen LogP contribution in [-0.4, -0.2) is 72.1 Å². The molecule has 41 heavy (non-hydrogen) atoms. The van der Waals surface area contributed by atoms with E-state index in [-0.39, 0.29) is 32.0 Å². The Hall–Kier alpha value is -4.74. The number of alkyl carbamates (subject to hydrolysis) is 1. The molecule has 218 valence electrons. The Bertz CT molecular complexity index is 1230. The van der Waals surface area contributed by atoms with E-state index >= 15 is 0 Å². The Morgan fingerprint density at radius 1 is 0.902 bits per heavy atom. The van der Waals surface area contributed by atoms with Crippen LogP contribution in [0.1, 0.15) is 30.9 Å². The lowest BCUT2D eigenvalue weighted by atomic mass is 9.94. The van der Waals surface area contributed by atoms with Crippen LogP contribution in [0.5, 0.6) is 0 Å². The number of rotatable bonds is 12. The maximum Gasteiger partial charge on any atom is 0.407 e. The highest BCUT2D eigenvalue weighted by molar-refractivity contribution is 6.38. The first-order chi connectivity index (χ1) is 19.6. The summed E-state index contributed by atoms with van der Waals surface area (Å²) in [5, 5.41) is 7.39. The van der Waals surface area contributed by atoms with Gasteiger partial charge in [-0.2, -0.15) is 0 Å². The number of hydrogen-bond donors (Lipinski definition) is 4. The number of nitrogens with two attached hydrogens (primary N) is 1. The quantitative estimate of drug-likeness (QED) is 0.270. The van der Waals surface area contributed by atoms with Crippen molar-refractivity contribution in [3.05, 3.63) is 71.8 Å². The van der Waals surface area contributed by atoms with Crippen molar-refractivity contribution in [2.45, 2.75) is 44.9 Å². The summed E-state index contributed by atoms with van der Waals surface area (Å²) in [5.74, 6) is -3.67. The Kier molecular flexibility index (Phi) is 11.4. The van der Waals surface area contributed by atoms with Crippen LogP contribution in [0.15, 0.2) is 60.7 Å². The summed E-state index contributed by atoms with van der Waals surface area (Å²) in [6, 6.07) is 16.2. The van der Waals surface area contributed by atoms with Crippen molar-refractivity contribution in [1.82, 2.24) is 20.9 Å². The molecule has 2 atom stereocenters. The molecule has 0 spiro atoms. The van der Waals surface area contributed by atoms with Gasteiger partial charge in [-0.1, -0.05) is 60.7 Å². The van der Waals surface area contributed by atoms with Crippen molar-refractivity contribution in [2.24, 2.45) is 11.7 Å². The summed E-state index contributed by atoms with van der Waals surface area (Å²) >= 11 is 0. The average Bonchev–Trinajstić information content (AvgIpc) is 2.98. The van der Waals surface area contributed by atoms with E-state index in [2.05, 4.69) is 16.0 Å². The van der Waals surface area contributed by atoms with Gasteiger partial charge in [-0.15, -0.1) is 0 Å². The molecule has 0 bridgehead atoms. The maximum absolute atomic E-state index is 12.8. The molecule has 1 unspecified atom stereocenters. The number of piperidine rings is 1. The highest BCUT2D eigenvalue weighted by Crippen LogP contribution is 2.18. The van der Waals surface area contributed by atoms with Crippen LogP contribution in [-0.2, 0) is 41.7 Å². The lowest BCUT2D eigenvalue weighted by Gasteiger charge is -2.32. The Labute approximate surface area is 238 Å². The van der Waals surface area contributed by atoms with E-state index in [9.17, 15) is 28.8 Å². The minimum atomic E-state index is -1.12. The van der Waals surface area contributed by atoms with Crippen molar-refractivity contribution in [3.63, 3.8) is 0 Å². The third-order valence-electron chi connectivity index (χ3n) is 6.68. The van der Waals surface area contributed by atoms with Crippen LogP contribution >= 0.6 is 0 Å². The molecule has 0 aromatic heterocycles. The number of nitrogens with one attached hydrogen (secondary N) is 3. The number of ether oxygens (including phenoxy) is 1. The number of nitrogens with zero attached hydrogens (tertiary/aromatic N) is 1. The number of hydrogen-bond acceptors (Lipinski definition) is 7. The molecule has 0 saturated carbocycles. The summed E-state index contributed by atoms with van der Waals surface area (Å²) in [6.45, 7) is 1.31. The topological polar surface area (TPSA) is 177 Å². The van der Waals surface area contributed by atoms with Crippen molar-refractivity contribution >= 4 is 35.5 Å². The standard InChI is InChI=1S/C29H35N5O7/c1-19(32-24(35)17-31-29(40)41-18-21-10-6-3-7-11-21)25(36)28(39)34-14-12-22(13-15-34)27(38)33-23(26(30)37)16-20-8-4-2-5-9-20/h2-11,19,22-23H,12-18H2,1H3,(H2,30,37)(H,31,40)(H,32,35)(H,33,38)/t19?,23-/m0/s1. The normalized spacial score (nSPS) is 14.7. The highest BCUT2D eigenvalue weighted by atomic mass is 16.5. The molecule has 0 radical (unpaired) electrons. The largest absolute Gasteiger partial charge is 0.445 e. The SMILES string of the molecule is CC(NC(=O)CNC(=O)OCc1ccccc1)C(=O)C(=O)N1CCC(C(=O)N[C@@H](Cc2ccccc2)C(N)=O)CC1. The fourth-order valence-electron chi connectivity index (χ4n) is 4.33. The number of ketones is 1. The van der Waals surface area contributed by atoms with E-state index in [1.165, 1.54) is 11.8 Å². The first-order valence-corrected chi connectivity index (χ1v) is 13.3. The van der Waals surface area contributed by atoms with Crippen LogP contribution in [0.4, 0.5) is 4.79 Å². The molecule has 1 heterocycles. The van der Waals surface area contributed by atoms with E-state index in [4.69, 9.17) is 10.5 Å². The van der Waals surface area contributed by atoms with Crippen LogP contribution in [0.25, 0.3) is 0 Å². The van der Waals surface area contributed by atoms with Crippen molar-refractivity contribution < 1.29 is 33.5 Å². The highest BCUT2D eigenvalue weighted by Gasteiger charge is 2.33. The Morgan fingerprint density at radius 2 is 1.49 bits per heavy atom. The summed E-state index contributed by atoms with van der Waals surface area (Å²) in [5.41, 5.74) is 7.13. The number of primary amides is 1. The van der Waals surface area contributed by atoms with Crippen LogP contribution < -0.4 is 21.7 Å². The van der Waals surface area contributed by atoms with Crippen molar-refractivity contribution in [2.75, 3.05) is 19.6 Å². The minimum Gasteiger partial charge on any atom is -0.445 e. The van der Waals surface area contributed by atoms with Gasteiger partial charge in [-0.3, -0.25) is 24.0 Å². The van der Waals surface area contributed by atoms with Gasteiger partial charge in [0.1, 0.15) is 19.2 Å². The fourth-order valence-corrected chi connectivity index (χ4v) is 4.33. The minimum absolute atomic E-state index is 0.0371. The van der Waals surface area contributed by atoms with Crippen molar-refractivity contribution in [3.8, 4) is 0 Å². The van der Waals surface area contributed by atoms with Crippen LogP contribution in [0.2, 0.25) is 0 Å². The molecule has 1 fully saturated rings. The van der Waals surface area contributed by atoms with Gasteiger partial charge in [0.2, 0.25) is 23.5 Å². The first-order valence-electron chi connectivity index (χ1n) is 13.3. The molecule has 12 nitrogen and oxygen atoms in total. The van der Waals surface area contributed by atoms with Crippen molar-refractivity contribution in [1.29, 1.82) is 0 Å². The van der Waals surface area contributed by atoms with Gasteiger partial charge < -0.3 is 31.3 Å². The zero-order chi connectivity index (χ0) is 29.8. The van der Waals surface area contributed by atoms with E-state index in [0.29, 0.717) is 12.8 Å². The Morgan fingerprint density at radius 3 is 2.07 bits per heavy atom. The predicted molar refractivity (Wildman–Crippen MR) is 148 cm³/mol. The van der Waals surface area contributed by atoms with Gasteiger partial charge in [-0.05, 0) is 30.9 Å². The summed E-state index contributed by atoms with van der Waals surface area (Å²) in [6.07, 6.45) is 0.0736. The van der Waals surface area contributed by atoms with E-state index in [0.717, 1.165) is 11.1 Å². The molecule has 1 saturated heterocycles. The van der Waals surface area contributed by atoms with Gasteiger partial charge in [0.25, 0.3) is 5.91 Å². The summed E-state index contributed by atoms with van der Waals surface area (Å²) < 4.78 is 5.02. The van der Waals surface area contributed by atoms with Crippen LogP contribution in [0.3, 0.4) is 0 Å². The zero-order valence-electron chi connectivity index (χ0n) is 22.8. The van der Waals surface area contributed by atoms with Crippen LogP contribution in [0, 0.1) is 5.92 Å². The monoisotopic (exact) mass is 565 g/mol. The molecule has 1 aliphatic rings. The second-order valence-electron chi connectivity index (χ2n) is 9.79. The summed E-state index contributed by atoms with van der Waals surface area (Å²) in [4.78, 5) is 75.4. The molecule has 2 aromatic rings. The second-order valence-corrected chi connectivity index (χ2v) is 9.79. The zero-order valence-corrected chi connectivity index (χ0v) is 22.8. The maximum atomic E-state index is 12.8.